The molecule has 1 aliphatic heterocycles. The summed E-state index contributed by atoms with van der Waals surface area (Å²) in [5.74, 6) is 0.118. The van der Waals surface area contributed by atoms with Crippen LogP contribution in [-0.4, -0.2) is 53.2 Å². The Morgan fingerprint density at radius 1 is 1.04 bits per heavy atom. The van der Waals surface area contributed by atoms with Crippen molar-refractivity contribution in [3.63, 3.8) is 0 Å². The van der Waals surface area contributed by atoms with Crippen molar-refractivity contribution >= 4 is 11.6 Å². The fraction of sp³-hybridized carbons (Fsp3) is 0.565. The lowest BCUT2D eigenvalue weighted by Crippen LogP contribution is -2.50. The predicted octanol–water partition coefficient (Wildman–Crippen LogP) is 4.53. The molecule has 5 heteroatoms. The van der Waals surface area contributed by atoms with Crippen LogP contribution in [0.4, 0.5) is 0 Å². The summed E-state index contributed by atoms with van der Waals surface area (Å²) in [7, 11) is 0. The van der Waals surface area contributed by atoms with Crippen LogP contribution in [0.15, 0.2) is 47.3 Å². The molecule has 0 spiro atoms. The minimum Gasteiger partial charge on any atom is -0.472 e. The summed E-state index contributed by atoms with van der Waals surface area (Å²) in [4.78, 5) is 5.00. The zero-order chi connectivity index (χ0) is 19.4. The first-order chi connectivity index (χ1) is 13.6. The molecule has 1 N–H and O–H groups in total. The van der Waals surface area contributed by atoms with Crippen molar-refractivity contribution in [2.24, 2.45) is 0 Å². The first-order valence-corrected chi connectivity index (χ1v) is 10.9. The highest BCUT2D eigenvalue weighted by Crippen LogP contribution is 2.41. The molecule has 2 aliphatic rings. The van der Waals surface area contributed by atoms with E-state index < -0.39 is 5.60 Å². The van der Waals surface area contributed by atoms with Crippen molar-refractivity contribution in [1.29, 1.82) is 0 Å². The number of furan rings is 1. The average Bonchev–Trinajstić information content (AvgIpc) is 3.21. The van der Waals surface area contributed by atoms with Crippen molar-refractivity contribution in [2.45, 2.75) is 50.2 Å². The molecular formula is C23H31ClN2O2. The summed E-state index contributed by atoms with van der Waals surface area (Å²) in [6, 6.07) is 10.2. The molecule has 152 valence electrons. The fourth-order valence-corrected chi connectivity index (χ4v) is 5.05. The Balaban J connectivity index is 1.43. The number of benzene rings is 1. The second kappa shape index (κ2) is 9.00. The Morgan fingerprint density at radius 2 is 1.79 bits per heavy atom. The van der Waals surface area contributed by atoms with Crippen LogP contribution in [0.2, 0.25) is 5.02 Å². The Bertz CT molecular complexity index is 735. The molecule has 1 aromatic carbocycles. The van der Waals surface area contributed by atoms with Crippen LogP contribution in [-0.2, 0) is 6.54 Å². The SMILES string of the molecule is OC1(C(CN2CCN(Cc3ccoc3)CC2)c2cccc(Cl)c2)CCCCC1. The van der Waals surface area contributed by atoms with Gasteiger partial charge in [0.15, 0.2) is 0 Å². The van der Waals surface area contributed by atoms with Gasteiger partial charge in [-0.1, -0.05) is 43.0 Å². The zero-order valence-corrected chi connectivity index (χ0v) is 17.3. The third kappa shape index (κ3) is 4.80. The minimum absolute atomic E-state index is 0.118. The number of rotatable bonds is 6. The van der Waals surface area contributed by atoms with Gasteiger partial charge in [0, 0.05) is 55.8 Å². The van der Waals surface area contributed by atoms with E-state index in [1.54, 1.807) is 6.26 Å². The highest BCUT2D eigenvalue weighted by Gasteiger charge is 2.40. The number of hydrogen-bond donors (Lipinski definition) is 1. The monoisotopic (exact) mass is 402 g/mol. The molecule has 28 heavy (non-hydrogen) atoms. The van der Waals surface area contributed by atoms with Gasteiger partial charge in [-0.25, -0.2) is 0 Å². The highest BCUT2D eigenvalue weighted by molar-refractivity contribution is 6.30. The van der Waals surface area contributed by atoms with Gasteiger partial charge in [-0.3, -0.25) is 4.90 Å². The van der Waals surface area contributed by atoms with Gasteiger partial charge in [0.2, 0.25) is 0 Å². The molecule has 2 heterocycles. The van der Waals surface area contributed by atoms with Gasteiger partial charge in [-0.15, -0.1) is 0 Å². The van der Waals surface area contributed by atoms with Crippen LogP contribution in [0.5, 0.6) is 0 Å². The van der Waals surface area contributed by atoms with E-state index in [0.29, 0.717) is 0 Å². The minimum atomic E-state index is -0.614. The first-order valence-electron chi connectivity index (χ1n) is 10.6. The molecule has 2 aromatic rings. The Morgan fingerprint density at radius 3 is 2.46 bits per heavy atom. The standard InChI is InChI=1S/C23H31ClN2O2/c24-21-6-4-5-20(15-21)22(23(27)8-2-1-3-9-23)17-26-12-10-25(11-13-26)16-19-7-14-28-18-19/h4-7,14-15,18,22,27H,1-3,8-13,16-17H2. The van der Waals surface area contributed by atoms with Crippen LogP contribution in [0.1, 0.15) is 49.1 Å². The summed E-state index contributed by atoms with van der Waals surface area (Å²) >= 11 is 6.29. The summed E-state index contributed by atoms with van der Waals surface area (Å²) in [6.07, 6.45) is 8.83. The van der Waals surface area contributed by atoms with Crippen LogP contribution >= 0.6 is 11.6 Å². The lowest BCUT2D eigenvalue weighted by Gasteiger charge is -2.43. The molecular weight excluding hydrogens is 372 g/mol. The lowest BCUT2D eigenvalue weighted by molar-refractivity contribution is -0.0344. The van der Waals surface area contributed by atoms with Gasteiger partial charge >= 0.3 is 0 Å². The van der Waals surface area contributed by atoms with Gasteiger partial charge in [0.25, 0.3) is 0 Å². The maximum absolute atomic E-state index is 11.5. The van der Waals surface area contributed by atoms with E-state index in [0.717, 1.165) is 70.0 Å². The van der Waals surface area contributed by atoms with Gasteiger partial charge in [0.05, 0.1) is 18.1 Å². The molecule has 2 fully saturated rings. The van der Waals surface area contributed by atoms with Crippen LogP contribution in [0.25, 0.3) is 0 Å². The van der Waals surface area contributed by atoms with E-state index in [1.165, 1.54) is 17.5 Å². The number of hydrogen-bond acceptors (Lipinski definition) is 4. The smallest absolute Gasteiger partial charge is 0.0947 e. The summed E-state index contributed by atoms with van der Waals surface area (Å²) < 4.78 is 5.19. The van der Waals surface area contributed by atoms with Crippen molar-refractivity contribution in [3.05, 3.63) is 59.0 Å². The molecule has 1 saturated heterocycles. The molecule has 1 aromatic heterocycles. The molecule has 1 aliphatic carbocycles. The molecule has 0 radical (unpaired) electrons. The quantitative estimate of drug-likeness (QED) is 0.770. The van der Waals surface area contributed by atoms with E-state index in [9.17, 15) is 5.11 Å². The van der Waals surface area contributed by atoms with E-state index in [-0.39, 0.29) is 5.92 Å². The highest BCUT2D eigenvalue weighted by atomic mass is 35.5. The fourth-order valence-electron chi connectivity index (χ4n) is 4.85. The zero-order valence-electron chi connectivity index (χ0n) is 16.5. The number of halogens is 1. The summed E-state index contributed by atoms with van der Waals surface area (Å²) in [6.45, 7) is 6.01. The average molecular weight is 403 g/mol. The molecule has 1 unspecified atom stereocenters. The van der Waals surface area contributed by atoms with Crippen LogP contribution in [0.3, 0.4) is 0 Å². The van der Waals surface area contributed by atoms with Crippen LogP contribution < -0.4 is 0 Å². The summed E-state index contributed by atoms with van der Waals surface area (Å²) in [5.41, 5.74) is 1.80. The lowest BCUT2D eigenvalue weighted by atomic mass is 9.72. The van der Waals surface area contributed by atoms with Crippen molar-refractivity contribution in [3.8, 4) is 0 Å². The Labute approximate surface area is 173 Å². The van der Waals surface area contributed by atoms with E-state index in [2.05, 4.69) is 15.9 Å². The molecule has 4 rings (SSSR count). The van der Waals surface area contributed by atoms with E-state index in [1.807, 2.05) is 30.5 Å². The van der Waals surface area contributed by atoms with Gasteiger partial charge in [-0.2, -0.15) is 0 Å². The van der Waals surface area contributed by atoms with Gasteiger partial charge in [0.1, 0.15) is 0 Å². The molecule has 0 amide bonds. The largest absolute Gasteiger partial charge is 0.472 e. The molecule has 4 nitrogen and oxygen atoms in total. The second-order valence-electron chi connectivity index (χ2n) is 8.48. The predicted molar refractivity (Wildman–Crippen MR) is 113 cm³/mol. The molecule has 1 saturated carbocycles. The maximum atomic E-state index is 11.5. The second-order valence-corrected chi connectivity index (χ2v) is 8.92. The third-order valence-electron chi connectivity index (χ3n) is 6.51. The third-order valence-corrected chi connectivity index (χ3v) is 6.75. The Kier molecular flexibility index (Phi) is 6.42. The summed E-state index contributed by atoms with van der Waals surface area (Å²) in [5, 5.41) is 12.3. The number of nitrogens with zero attached hydrogens (tertiary/aromatic N) is 2. The van der Waals surface area contributed by atoms with E-state index in [4.69, 9.17) is 16.0 Å². The van der Waals surface area contributed by atoms with Gasteiger partial charge in [-0.05, 0) is 36.6 Å². The van der Waals surface area contributed by atoms with Crippen molar-refractivity contribution in [1.82, 2.24) is 9.80 Å². The number of aliphatic hydroxyl groups is 1. The Hall–Kier alpha value is -1.33. The topological polar surface area (TPSA) is 39.9 Å². The van der Waals surface area contributed by atoms with E-state index >= 15 is 0 Å². The molecule has 1 atom stereocenters. The normalized spacial score (nSPS) is 22.2. The van der Waals surface area contributed by atoms with Crippen molar-refractivity contribution < 1.29 is 9.52 Å². The van der Waals surface area contributed by atoms with Crippen LogP contribution in [0, 0.1) is 0 Å². The number of piperazine rings is 1. The maximum Gasteiger partial charge on any atom is 0.0947 e. The van der Waals surface area contributed by atoms with Crippen molar-refractivity contribution in [2.75, 3.05) is 32.7 Å². The first kappa shape index (κ1) is 20.0. The molecule has 0 bridgehead atoms. The van der Waals surface area contributed by atoms with Gasteiger partial charge < -0.3 is 14.4 Å².